The number of nitrogens with one attached hydrogen (secondary N) is 1. The average molecular weight is 264 g/mol. The Balaban J connectivity index is 1.75. The van der Waals surface area contributed by atoms with Crippen LogP contribution in [0.5, 0.6) is 0 Å². The number of hydrogen-bond acceptors (Lipinski definition) is 3. The first-order valence-corrected chi connectivity index (χ1v) is 8.18. The Morgan fingerprint density at radius 1 is 1.39 bits per heavy atom. The van der Waals surface area contributed by atoms with Crippen LogP contribution < -0.4 is 5.32 Å². The van der Waals surface area contributed by atoms with E-state index in [9.17, 15) is 0 Å². The second kappa shape index (κ2) is 7.17. The topological polar surface area (TPSA) is 15.3 Å². The Labute approximate surface area is 115 Å². The van der Waals surface area contributed by atoms with Gasteiger partial charge in [0.2, 0.25) is 0 Å². The molecule has 1 aromatic rings. The lowest BCUT2D eigenvalue weighted by atomic mass is 10.2. The summed E-state index contributed by atoms with van der Waals surface area (Å²) >= 11 is 1.92. The van der Waals surface area contributed by atoms with Gasteiger partial charge in [0.15, 0.2) is 0 Å². The van der Waals surface area contributed by atoms with Crippen LogP contribution >= 0.6 is 11.8 Å². The molecule has 3 heteroatoms. The molecule has 0 radical (unpaired) electrons. The van der Waals surface area contributed by atoms with Crippen molar-refractivity contribution >= 4 is 11.8 Å². The van der Waals surface area contributed by atoms with Crippen molar-refractivity contribution in [3.8, 4) is 0 Å². The van der Waals surface area contributed by atoms with Crippen LogP contribution in [0.25, 0.3) is 0 Å². The standard InChI is InChI=1S/C15H24N2S/c1-13(12-18-2)16-15-8-9-17(11-15)10-14-6-4-3-5-7-14/h3-7,13,15-16H,8-12H2,1-2H3. The minimum atomic E-state index is 0.627. The van der Waals surface area contributed by atoms with Gasteiger partial charge >= 0.3 is 0 Å². The van der Waals surface area contributed by atoms with E-state index in [1.165, 1.54) is 30.8 Å². The van der Waals surface area contributed by atoms with Gasteiger partial charge in [-0.15, -0.1) is 0 Å². The van der Waals surface area contributed by atoms with Gasteiger partial charge in [-0.3, -0.25) is 4.90 Å². The third kappa shape index (κ3) is 4.30. The van der Waals surface area contributed by atoms with E-state index < -0.39 is 0 Å². The third-order valence-electron chi connectivity index (χ3n) is 3.46. The maximum atomic E-state index is 3.73. The zero-order valence-corrected chi connectivity index (χ0v) is 12.2. The van der Waals surface area contributed by atoms with Crippen molar-refractivity contribution in [1.29, 1.82) is 0 Å². The summed E-state index contributed by atoms with van der Waals surface area (Å²) in [6, 6.07) is 12.1. The second-order valence-corrected chi connectivity index (χ2v) is 6.14. The summed E-state index contributed by atoms with van der Waals surface area (Å²) in [4.78, 5) is 2.55. The van der Waals surface area contributed by atoms with Gasteiger partial charge in [-0.05, 0) is 25.2 Å². The molecule has 0 amide bonds. The highest BCUT2D eigenvalue weighted by atomic mass is 32.2. The fourth-order valence-corrected chi connectivity index (χ4v) is 3.25. The summed E-state index contributed by atoms with van der Waals surface area (Å²) in [5.41, 5.74) is 1.43. The molecule has 1 fully saturated rings. The molecule has 0 bridgehead atoms. The maximum absolute atomic E-state index is 3.73. The maximum Gasteiger partial charge on any atom is 0.0234 e. The Morgan fingerprint density at radius 3 is 2.89 bits per heavy atom. The number of likely N-dealkylation sites (tertiary alicyclic amines) is 1. The van der Waals surface area contributed by atoms with Crippen molar-refractivity contribution < 1.29 is 0 Å². The molecule has 1 N–H and O–H groups in total. The first-order chi connectivity index (χ1) is 8.78. The fraction of sp³-hybridized carbons (Fsp3) is 0.600. The van der Waals surface area contributed by atoms with E-state index in [1.807, 2.05) is 11.8 Å². The minimum Gasteiger partial charge on any atom is -0.309 e. The number of thioether (sulfide) groups is 1. The molecule has 2 rings (SSSR count). The number of benzene rings is 1. The molecule has 0 aliphatic carbocycles. The van der Waals surface area contributed by atoms with Crippen molar-refractivity contribution in [3.05, 3.63) is 35.9 Å². The summed E-state index contributed by atoms with van der Waals surface area (Å²) in [7, 11) is 0. The zero-order valence-electron chi connectivity index (χ0n) is 11.4. The molecular formula is C15H24N2S. The summed E-state index contributed by atoms with van der Waals surface area (Å²) in [6.07, 6.45) is 3.46. The normalized spacial score (nSPS) is 22.2. The molecule has 2 atom stereocenters. The number of hydrogen-bond donors (Lipinski definition) is 1. The summed E-state index contributed by atoms with van der Waals surface area (Å²) in [5, 5.41) is 3.73. The Bertz CT molecular complexity index is 342. The predicted octanol–water partition coefficient (Wildman–Crippen LogP) is 2.60. The monoisotopic (exact) mass is 264 g/mol. The minimum absolute atomic E-state index is 0.627. The van der Waals surface area contributed by atoms with Gasteiger partial charge in [0.25, 0.3) is 0 Å². The van der Waals surface area contributed by atoms with Crippen LogP contribution in [0.4, 0.5) is 0 Å². The highest BCUT2D eigenvalue weighted by Crippen LogP contribution is 2.14. The average Bonchev–Trinajstić information content (AvgIpc) is 2.78. The summed E-state index contributed by atoms with van der Waals surface area (Å²) < 4.78 is 0. The van der Waals surface area contributed by atoms with Gasteiger partial charge in [-0.25, -0.2) is 0 Å². The van der Waals surface area contributed by atoms with Gasteiger partial charge in [0, 0.05) is 37.5 Å². The van der Waals surface area contributed by atoms with Gasteiger partial charge in [-0.1, -0.05) is 30.3 Å². The molecule has 1 aliphatic heterocycles. The molecule has 2 nitrogen and oxygen atoms in total. The fourth-order valence-electron chi connectivity index (χ4n) is 2.65. The van der Waals surface area contributed by atoms with Crippen molar-refractivity contribution in [2.45, 2.75) is 32.0 Å². The van der Waals surface area contributed by atoms with Crippen molar-refractivity contribution in [3.63, 3.8) is 0 Å². The van der Waals surface area contributed by atoms with Gasteiger partial charge in [-0.2, -0.15) is 11.8 Å². The Kier molecular flexibility index (Phi) is 5.54. The van der Waals surface area contributed by atoms with E-state index >= 15 is 0 Å². The molecule has 1 heterocycles. The van der Waals surface area contributed by atoms with Gasteiger partial charge in [0.1, 0.15) is 0 Å². The first kappa shape index (κ1) is 13.9. The molecule has 0 saturated carbocycles. The molecule has 2 unspecified atom stereocenters. The quantitative estimate of drug-likeness (QED) is 0.850. The van der Waals surface area contributed by atoms with E-state index in [2.05, 4.69) is 53.7 Å². The lowest BCUT2D eigenvalue weighted by Gasteiger charge is -2.20. The molecule has 1 aromatic carbocycles. The summed E-state index contributed by atoms with van der Waals surface area (Å²) in [6.45, 7) is 5.79. The number of rotatable bonds is 6. The molecule has 100 valence electrons. The molecule has 1 saturated heterocycles. The van der Waals surface area contributed by atoms with Gasteiger partial charge < -0.3 is 5.32 Å². The van der Waals surface area contributed by atoms with Crippen molar-refractivity contribution in [1.82, 2.24) is 10.2 Å². The lowest BCUT2D eigenvalue weighted by molar-refractivity contribution is 0.317. The van der Waals surface area contributed by atoms with Crippen LogP contribution in [0.1, 0.15) is 18.9 Å². The summed E-state index contributed by atoms with van der Waals surface area (Å²) in [5.74, 6) is 1.20. The molecule has 1 aliphatic rings. The number of nitrogens with zero attached hydrogens (tertiary/aromatic N) is 1. The highest BCUT2D eigenvalue weighted by molar-refractivity contribution is 7.98. The first-order valence-electron chi connectivity index (χ1n) is 6.79. The van der Waals surface area contributed by atoms with Crippen LogP contribution in [0, 0.1) is 0 Å². The van der Waals surface area contributed by atoms with Crippen molar-refractivity contribution in [2.24, 2.45) is 0 Å². The van der Waals surface area contributed by atoms with Gasteiger partial charge in [0.05, 0.1) is 0 Å². The zero-order chi connectivity index (χ0) is 12.8. The highest BCUT2D eigenvalue weighted by Gasteiger charge is 2.23. The molecule has 0 aromatic heterocycles. The van der Waals surface area contributed by atoms with E-state index in [4.69, 9.17) is 0 Å². The van der Waals surface area contributed by atoms with E-state index in [1.54, 1.807) is 0 Å². The van der Waals surface area contributed by atoms with Crippen LogP contribution in [0.2, 0.25) is 0 Å². The molecule has 0 spiro atoms. The third-order valence-corrected chi connectivity index (χ3v) is 4.29. The van der Waals surface area contributed by atoms with Crippen LogP contribution in [-0.2, 0) is 6.54 Å². The Hall–Kier alpha value is -0.510. The smallest absolute Gasteiger partial charge is 0.0234 e. The Morgan fingerprint density at radius 2 is 2.17 bits per heavy atom. The second-order valence-electron chi connectivity index (χ2n) is 5.23. The van der Waals surface area contributed by atoms with Crippen LogP contribution in [0.3, 0.4) is 0 Å². The van der Waals surface area contributed by atoms with Crippen LogP contribution in [0.15, 0.2) is 30.3 Å². The lowest BCUT2D eigenvalue weighted by Crippen LogP contribution is -2.39. The van der Waals surface area contributed by atoms with E-state index in [-0.39, 0.29) is 0 Å². The largest absolute Gasteiger partial charge is 0.309 e. The molecular weight excluding hydrogens is 240 g/mol. The van der Waals surface area contributed by atoms with Crippen molar-refractivity contribution in [2.75, 3.05) is 25.1 Å². The predicted molar refractivity (Wildman–Crippen MR) is 81.1 cm³/mol. The van der Waals surface area contributed by atoms with E-state index in [0.29, 0.717) is 12.1 Å². The van der Waals surface area contributed by atoms with Crippen LogP contribution in [-0.4, -0.2) is 42.1 Å². The van der Waals surface area contributed by atoms with E-state index in [0.717, 1.165) is 6.54 Å². The molecule has 18 heavy (non-hydrogen) atoms. The SMILES string of the molecule is CSCC(C)NC1CCN(Cc2ccccc2)C1.